The molecule has 230 valence electrons. The summed E-state index contributed by atoms with van der Waals surface area (Å²) in [6.07, 6.45) is 1.89. The van der Waals surface area contributed by atoms with Crippen LogP contribution in [0.2, 0.25) is 0 Å². The van der Waals surface area contributed by atoms with E-state index in [9.17, 15) is 30.0 Å². The molecule has 4 rings (SSSR count). The molecule has 42 heavy (non-hydrogen) atoms. The Morgan fingerprint density at radius 1 is 0.667 bits per heavy atom. The molecule has 2 aliphatic heterocycles. The lowest BCUT2D eigenvalue weighted by Crippen LogP contribution is -2.36. The van der Waals surface area contributed by atoms with Gasteiger partial charge in [-0.05, 0) is 72.6 Å². The van der Waals surface area contributed by atoms with Crippen molar-refractivity contribution in [2.75, 3.05) is 36.2 Å². The molecule has 2 aromatic rings. The van der Waals surface area contributed by atoms with Crippen LogP contribution in [0.5, 0.6) is 23.0 Å². The molecule has 0 spiro atoms. The summed E-state index contributed by atoms with van der Waals surface area (Å²) < 4.78 is 22.8. The number of hydrogen-bond acceptors (Lipinski definition) is 12. The number of ether oxygens (including phenoxy) is 4. The molecule has 0 bridgehead atoms. The average molecular weight is 623 g/mol. The van der Waals surface area contributed by atoms with Crippen LogP contribution in [0.1, 0.15) is 36.8 Å². The normalized spacial score (nSPS) is 21.2. The van der Waals surface area contributed by atoms with Gasteiger partial charge in [0, 0.05) is 11.5 Å². The molecule has 2 heterocycles. The van der Waals surface area contributed by atoms with E-state index in [0.717, 1.165) is 48.3 Å². The molecule has 0 aliphatic carbocycles. The van der Waals surface area contributed by atoms with Crippen LogP contribution in [0.3, 0.4) is 0 Å². The number of esters is 2. The largest absolute Gasteiger partial charge is 0.504 e. The van der Waals surface area contributed by atoms with Crippen molar-refractivity contribution in [2.45, 2.75) is 62.9 Å². The van der Waals surface area contributed by atoms with Gasteiger partial charge in [0.15, 0.2) is 35.2 Å². The fourth-order valence-corrected chi connectivity index (χ4v) is 6.53. The van der Waals surface area contributed by atoms with Crippen LogP contribution < -0.4 is 0 Å². The third-order valence-electron chi connectivity index (χ3n) is 7.02. The van der Waals surface area contributed by atoms with Gasteiger partial charge in [-0.2, -0.15) is 23.5 Å². The number of carbonyl (C=O) groups excluding carboxylic acids is 2. The minimum Gasteiger partial charge on any atom is -0.504 e. The van der Waals surface area contributed by atoms with E-state index in [0.29, 0.717) is 11.5 Å². The van der Waals surface area contributed by atoms with Gasteiger partial charge in [0.1, 0.15) is 12.2 Å². The van der Waals surface area contributed by atoms with E-state index in [1.807, 2.05) is 0 Å². The Labute approximate surface area is 253 Å². The Kier molecular flexibility index (Phi) is 12.4. The van der Waals surface area contributed by atoms with Crippen molar-refractivity contribution in [2.24, 2.45) is 0 Å². The van der Waals surface area contributed by atoms with Gasteiger partial charge in [-0.25, -0.2) is 0 Å². The summed E-state index contributed by atoms with van der Waals surface area (Å²) in [5.74, 6) is 1.83. The Morgan fingerprint density at radius 2 is 1.10 bits per heavy atom. The minimum absolute atomic E-state index is 0.120. The highest BCUT2D eigenvalue weighted by Crippen LogP contribution is 2.31. The molecule has 0 aromatic heterocycles. The van der Waals surface area contributed by atoms with Gasteiger partial charge >= 0.3 is 11.9 Å². The van der Waals surface area contributed by atoms with Crippen molar-refractivity contribution in [3.05, 3.63) is 47.5 Å². The Balaban J connectivity index is 1.03. The number of aryl methyl sites for hydroxylation is 2. The first-order chi connectivity index (χ1) is 20.3. The average Bonchev–Trinajstić information content (AvgIpc) is 3.55. The van der Waals surface area contributed by atoms with E-state index in [1.54, 1.807) is 47.8 Å². The van der Waals surface area contributed by atoms with Crippen LogP contribution in [0.15, 0.2) is 36.4 Å². The molecule has 0 radical (unpaired) electrons. The van der Waals surface area contributed by atoms with E-state index in [4.69, 9.17) is 18.9 Å². The highest BCUT2D eigenvalue weighted by atomic mass is 32.2. The Bertz CT molecular complexity index is 1100. The molecule has 2 fully saturated rings. The topological polar surface area (TPSA) is 152 Å². The molecular weight excluding hydrogens is 584 g/mol. The monoisotopic (exact) mass is 622 g/mol. The van der Waals surface area contributed by atoms with Crippen molar-refractivity contribution < 1.29 is 49.0 Å². The quantitative estimate of drug-likeness (QED) is 0.122. The molecule has 0 saturated carbocycles. The molecule has 4 atom stereocenters. The molecule has 2 aromatic carbocycles. The molecule has 2 saturated heterocycles. The zero-order valence-electron chi connectivity index (χ0n) is 23.3. The van der Waals surface area contributed by atoms with Crippen molar-refractivity contribution >= 4 is 35.5 Å². The first-order valence-electron chi connectivity index (χ1n) is 14.1. The second-order valence-corrected chi connectivity index (χ2v) is 12.7. The number of rotatable bonds is 16. The summed E-state index contributed by atoms with van der Waals surface area (Å²) in [7, 11) is 0. The zero-order valence-corrected chi connectivity index (χ0v) is 24.9. The summed E-state index contributed by atoms with van der Waals surface area (Å²) in [5.41, 5.74) is 1.89. The fourth-order valence-electron chi connectivity index (χ4n) is 4.81. The van der Waals surface area contributed by atoms with Gasteiger partial charge in [0.05, 0.1) is 26.1 Å². The molecule has 12 heteroatoms. The highest BCUT2D eigenvalue weighted by Gasteiger charge is 2.51. The summed E-state index contributed by atoms with van der Waals surface area (Å²) in [4.78, 5) is 24.7. The molecule has 2 aliphatic rings. The van der Waals surface area contributed by atoms with Crippen LogP contribution in [0.25, 0.3) is 0 Å². The predicted octanol–water partition coefficient (Wildman–Crippen LogP) is 3.94. The first-order valence-corrected chi connectivity index (χ1v) is 16.4. The number of benzene rings is 2. The van der Waals surface area contributed by atoms with Crippen LogP contribution in [0, 0.1) is 0 Å². The van der Waals surface area contributed by atoms with Crippen molar-refractivity contribution in [1.82, 2.24) is 0 Å². The van der Waals surface area contributed by atoms with Gasteiger partial charge in [-0.15, -0.1) is 0 Å². The van der Waals surface area contributed by atoms with E-state index in [2.05, 4.69) is 0 Å². The molecular formula is C30H38O10S2. The SMILES string of the molecule is O=C(CCSCCCc1ccc(O)c(O)c1)O[C@H]1COC2C1OC[C@H]2OC(=O)CCSCCCc1ccc(O)c(O)c1. The lowest BCUT2D eigenvalue weighted by molar-refractivity contribution is -0.154. The third-order valence-corrected chi connectivity index (χ3v) is 9.16. The summed E-state index contributed by atoms with van der Waals surface area (Å²) in [6, 6.07) is 9.63. The van der Waals surface area contributed by atoms with E-state index >= 15 is 0 Å². The van der Waals surface area contributed by atoms with Crippen LogP contribution in [-0.2, 0) is 41.4 Å². The van der Waals surface area contributed by atoms with Crippen molar-refractivity contribution in [3.63, 3.8) is 0 Å². The maximum absolute atomic E-state index is 12.4. The first kappa shape index (κ1) is 32.1. The maximum atomic E-state index is 12.4. The van der Waals surface area contributed by atoms with Gasteiger partial charge < -0.3 is 39.4 Å². The number of hydrogen-bond donors (Lipinski definition) is 4. The molecule has 4 N–H and O–H groups in total. The van der Waals surface area contributed by atoms with Crippen LogP contribution in [-0.4, -0.2) is 93.0 Å². The van der Waals surface area contributed by atoms with Crippen molar-refractivity contribution in [1.29, 1.82) is 0 Å². The zero-order chi connectivity index (χ0) is 29.9. The van der Waals surface area contributed by atoms with E-state index in [-0.39, 0.29) is 61.0 Å². The second kappa shape index (κ2) is 16.2. The van der Waals surface area contributed by atoms with Gasteiger partial charge in [-0.3, -0.25) is 9.59 Å². The van der Waals surface area contributed by atoms with E-state index in [1.165, 1.54) is 12.1 Å². The number of thioether (sulfide) groups is 2. The van der Waals surface area contributed by atoms with Gasteiger partial charge in [0.2, 0.25) is 0 Å². The summed E-state index contributed by atoms with van der Waals surface area (Å²) in [5, 5.41) is 37.9. The standard InChI is InChI=1S/C30H38O10S2/c31-21-7-5-19(15-23(21)33)3-1-11-41-13-9-27(35)39-25-17-37-30-26(18-38-29(25)30)40-28(36)10-14-42-12-2-4-20-6-8-22(32)24(34)16-20/h5-8,15-16,25-26,29-34H,1-4,9-14,17-18H2/t25-,26+,29?,30?. The van der Waals surface area contributed by atoms with Crippen LogP contribution in [0.4, 0.5) is 0 Å². The fraction of sp³-hybridized carbons (Fsp3) is 0.533. The number of aromatic hydroxyl groups is 4. The lowest BCUT2D eigenvalue weighted by Gasteiger charge is -2.17. The minimum atomic E-state index is -0.524. The van der Waals surface area contributed by atoms with Crippen molar-refractivity contribution in [3.8, 4) is 23.0 Å². The van der Waals surface area contributed by atoms with E-state index < -0.39 is 24.4 Å². The Morgan fingerprint density at radius 3 is 1.50 bits per heavy atom. The summed E-state index contributed by atoms with van der Waals surface area (Å²) >= 11 is 3.30. The smallest absolute Gasteiger partial charge is 0.307 e. The van der Waals surface area contributed by atoms with Gasteiger partial charge in [-0.1, -0.05) is 12.1 Å². The summed E-state index contributed by atoms with van der Waals surface area (Å²) in [6.45, 7) is 0.410. The molecule has 2 unspecified atom stereocenters. The lowest BCUT2D eigenvalue weighted by atomic mass is 10.1. The molecule has 0 amide bonds. The predicted molar refractivity (Wildman–Crippen MR) is 159 cm³/mol. The Hall–Kier alpha value is -2.80. The third kappa shape index (κ3) is 9.62. The maximum Gasteiger partial charge on any atom is 0.307 e. The number of phenols is 4. The van der Waals surface area contributed by atoms with Crippen LogP contribution >= 0.6 is 23.5 Å². The highest BCUT2D eigenvalue weighted by molar-refractivity contribution is 7.99. The number of fused-ring (bicyclic) bond motifs is 1. The molecule has 10 nitrogen and oxygen atoms in total. The van der Waals surface area contributed by atoms with Gasteiger partial charge in [0.25, 0.3) is 0 Å². The second-order valence-electron chi connectivity index (χ2n) is 10.2. The number of phenolic OH excluding ortho intramolecular Hbond substituents is 4. The number of carbonyl (C=O) groups is 2.